The number of H-pyrrole nitrogens is 2. The number of aryl methyl sites for hydroxylation is 2. The Morgan fingerprint density at radius 3 is 2.81 bits per heavy atom. The molecule has 0 saturated carbocycles. The lowest BCUT2D eigenvalue weighted by molar-refractivity contribution is 0.743. The molecule has 1 aromatic carbocycles. The lowest BCUT2D eigenvalue weighted by Gasteiger charge is -1.99. The fourth-order valence-corrected chi connectivity index (χ4v) is 2.18. The van der Waals surface area contributed by atoms with Crippen molar-refractivity contribution in [3.63, 3.8) is 0 Å². The first-order chi connectivity index (χ1) is 10.3. The van der Waals surface area contributed by atoms with Crippen molar-refractivity contribution < 1.29 is 0 Å². The molecule has 0 amide bonds. The third-order valence-electron chi connectivity index (χ3n) is 3.17. The van der Waals surface area contributed by atoms with Crippen molar-refractivity contribution in [1.29, 1.82) is 0 Å². The third kappa shape index (κ3) is 3.65. The summed E-state index contributed by atoms with van der Waals surface area (Å²) in [5.74, 6) is 2.50. The van der Waals surface area contributed by atoms with Gasteiger partial charge < -0.3 is 5.73 Å². The van der Waals surface area contributed by atoms with Gasteiger partial charge in [0.15, 0.2) is 5.82 Å². The van der Waals surface area contributed by atoms with Crippen LogP contribution in [-0.2, 0) is 19.3 Å². The van der Waals surface area contributed by atoms with Crippen LogP contribution < -0.4 is 5.73 Å². The minimum absolute atomic E-state index is 0.707. The maximum Gasteiger partial charge on any atom is 0.150 e. The molecular weight excluding hydrogens is 266 g/mol. The summed E-state index contributed by atoms with van der Waals surface area (Å²) in [4.78, 5) is 8.59. The molecule has 0 spiro atoms. The fourth-order valence-electron chi connectivity index (χ4n) is 2.18. The van der Waals surface area contributed by atoms with Gasteiger partial charge in [-0.1, -0.05) is 12.1 Å². The Labute approximate surface area is 122 Å². The molecule has 7 nitrogen and oxygen atoms in total. The van der Waals surface area contributed by atoms with E-state index in [1.165, 1.54) is 0 Å². The highest BCUT2D eigenvalue weighted by molar-refractivity contribution is 5.41. The first kappa shape index (κ1) is 13.3. The van der Waals surface area contributed by atoms with Gasteiger partial charge in [0.1, 0.15) is 18.0 Å². The molecule has 3 rings (SSSR count). The fraction of sp³-hybridized carbons (Fsp3) is 0.286. The van der Waals surface area contributed by atoms with Crippen LogP contribution in [0.4, 0.5) is 5.69 Å². The highest BCUT2D eigenvalue weighted by atomic mass is 15.2. The molecule has 0 bridgehead atoms. The summed E-state index contributed by atoms with van der Waals surface area (Å²) < 4.78 is 0. The topological polar surface area (TPSA) is 109 Å². The van der Waals surface area contributed by atoms with Crippen LogP contribution >= 0.6 is 0 Å². The molecule has 2 aromatic heterocycles. The van der Waals surface area contributed by atoms with Crippen molar-refractivity contribution in [3.05, 3.63) is 53.6 Å². The molecule has 0 aliphatic carbocycles. The highest BCUT2D eigenvalue weighted by Crippen LogP contribution is 2.10. The number of aromatic amines is 2. The van der Waals surface area contributed by atoms with Gasteiger partial charge in [-0.3, -0.25) is 10.2 Å². The molecule has 2 heterocycles. The number of hydrogen-bond acceptors (Lipinski definition) is 5. The summed E-state index contributed by atoms with van der Waals surface area (Å²) >= 11 is 0. The van der Waals surface area contributed by atoms with Gasteiger partial charge in [0.05, 0.1) is 0 Å². The smallest absolute Gasteiger partial charge is 0.150 e. The van der Waals surface area contributed by atoms with Crippen LogP contribution in [0.5, 0.6) is 0 Å². The van der Waals surface area contributed by atoms with Gasteiger partial charge in [-0.15, -0.1) is 0 Å². The van der Waals surface area contributed by atoms with Crippen LogP contribution in [0.1, 0.15) is 29.5 Å². The lowest BCUT2D eigenvalue weighted by atomic mass is 10.1. The Bertz CT molecular complexity index is 687. The molecule has 0 atom stereocenters. The molecule has 0 unspecified atom stereocenters. The van der Waals surface area contributed by atoms with E-state index in [0.717, 1.165) is 48.0 Å². The summed E-state index contributed by atoms with van der Waals surface area (Å²) in [5.41, 5.74) is 7.66. The standard InChI is InChI=1S/C14H17N7/c15-11-4-1-3-10(7-11)8-14-18-13(20-21-14)6-2-5-12-16-9-17-19-12/h1,3-4,7,9H,2,5-6,8,15H2,(H,16,17,19)(H,18,20,21). The van der Waals surface area contributed by atoms with E-state index in [4.69, 9.17) is 5.73 Å². The number of benzene rings is 1. The van der Waals surface area contributed by atoms with Crippen molar-refractivity contribution in [2.24, 2.45) is 0 Å². The summed E-state index contributed by atoms with van der Waals surface area (Å²) in [6.07, 6.45) is 4.85. The molecule has 0 saturated heterocycles. The molecule has 108 valence electrons. The van der Waals surface area contributed by atoms with Crippen LogP contribution in [0.2, 0.25) is 0 Å². The van der Waals surface area contributed by atoms with Crippen LogP contribution in [0, 0.1) is 0 Å². The van der Waals surface area contributed by atoms with E-state index in [2.05, 4.69) is 30.4 Å². The van der Waals surface area contributed by atoms with Gasteiger partial charge in [0, 0.05) is 24.9 Å². The second kappa shape index (κ2) is 6.17. The van der Waals surface area contributed by atoms with Crippen LogP contribution in [0.25, 0.3) is 0 Å². The van der Waals surface area contributed by atoms with E-state index < -0.39 is 0 Å². The summed E-state index contributed by atoms with van der Waals surface area (Å²) in [5, 5.41) is 13.9. The zero-order valence-corrected chi connectivity index (χ0v) is 11.6. The van der Waals surface area contributed by atoms with Crippen molar-refractivity contribution in [1.82, 2.24) is 30.4 Å². The Balaban J connectivity index is 1.53. The quantitative estimate of drug-likeness (QED) is 0.590. The number of hydrogen-bond donors (Lipinski definition) is 3. The Kier molecular flexibility index (Phi) is 3.90. The molecule has 21 heavy (non-hydrogen) atoms. The molecule has 0 radical (unpaired) electrons. The van der Waals surface area contributed by atoms with Crippen molar-refractivity contribution in [3.8, 4) is 0 Å². The van der Waals surface area contributed by atoms with E-state index in [1.54, 1.807) is 6.33 Å². The summed E-state index contributed by atoms with van der Waals surface area (Å²) in [6, 6.07) is 7.80. The van der Waals surface area contributed by atoms with Gasteiger partial charge >= 0.3 is 0 Å². The number of rotatable bonds is 6. The Morgan fingerprint density at radius 2 is 2.00 bits per heavy atom. The zero-order valence-electron chi connectivity index (χ0n) is 11.6. The first-order valence-electron chi connectivity index (χ1n) is 6.89. The number of nitrogens with zero attached hydrogens (tertiary/aromatic N) is 4. The predicted octanol–water partition coefficient (Wildman–Crippen LogP) is 1.27. The second-order valence-corrected chi connectivity index (χ2v) is 4.89. The summed E-state index contributed by atoms with van der Waals surface area (Å²) in [7, 11) is 0. The van der Waals surface area contributed by atoms with E-state index >= 15 is 0 Å². The van der Waals surface area contributed by atoms with Gasteiger partial charge in [-0.2, -0.15) is 10.2 Å². The minimum atomic E-state index is 0.707. The van der Waals surface area contributed by atoms with Gasteiger partial charge in [-0.25, -0.2) is 9.97 Å². The average molecular weight is 283 g/mol. The molecule has 0 aliphatic heterocycles. The maximum atomic E-state index is 5.77. The molecule has 4 N–H and O–H groups in total. The second-order valence-electron chi connectivity index (χ2n) is 4.89. The van der Waals surface area contributed by atoms with E-state index in [0.29, 0.717) is 6.42 Å². The number of aromatic nitrogens is 6. The molecule has 0 fully saturated rings. The monoisotopic (exact) mass is 283 g/mol. The first-order valence-corrected chi connectivity index (χ1v) is 6.89. The summed E-state index contributed by atoms with van der Waals surface area (Å²) in [6.45, 7) is 0. The van der Waals surface area contributed by atoms with Crippen molar-refractivity contribution in [2.75, 3.05) is 5.73 Å². The van der Waals surface area contributed by atoms with E-state index in [1.807, 2.05) is 24.3 Å². The van der Waals surface area contributed by atoms with Gasteiger partial charge in [0.2, 0.25) is 0 Å². The minimum Gasteiger partial charge on any atom is -0.399 e. The zero-order chi connectivity index (χ0) is 14.5. The van der Waals surface area contributed by atoms with Crippen LogP contribution in [0.15, 0.2) is 30.6 Å². The Morgan fingerprint density at radius 1 is 1.10 bits per heavy atom. The van der Waals surface area contributed by atoms with E-state index in [9.17, 15) is 0 Å². The van der Waals surface area contributed by atoms with Gasteiger partial charge in [0.25, 0.3) is 0 Å². The van der Waals surface area contributed by atoms with Crippen molar-refractivity contribution >= 4 is 5.69 Å². The SMILES string of the molecule is Nc1cccc(Cc2nc(CCCc3nc[nH]n3)n[nH]2)c1. The van der Waals surface area contributed by atoms with Gasteiger partial charge in [-0.05, 0) is 24.1 Å². The number of nitrogen functional groups attached to an aromatic ring is 1. The number of nitrogens with two attached hydrogens (primary N) is 1. The average Bonchev–Trinajstić information content (AvgIpc) is 3.11. The molecule has 3 aromatic rings. The Hall–Kier alpha value is -2.70. The number of nitrogens with one attached hydrogen (secondary N) is 2. The third-order valence-corrected chi connectivity index (χ3v) is 3.17. The molecule has 0 aliphatic rings. The maximum absolute atomic E-state index is 5.77. The lowest BCUT2D eigenvalue weighted by Crippen LogP contribution is -1.95. The largest absolute Gasteiger partial charge is 0.399 e. The van der Waals surface area contributed by atoms with E-state index in [-0.39, 0.29) is 0 Å². The number of anilines is 1. The molecular formula is C14H17N7. The van der Waals surface area contributed by atoms with Crippen LogP contribution in [-0.4, -0.2) is 30.4 Å². The van der Waals surface area contributed by atoms with Crippen molar-refractivity contribution in [2.45, 2.75) is 25.7 Å². The highest BCUT2D eigenvalue weighted by Gasteiger charge is 2.05. The van der Waals surface area contributed by atoms with Crippen LogP contribution in [0.3, 0.4) is 0 Å². The normalized spacial score (nSPS) is 10.9. The predicted molar refractivity (Wildman–Crippen MR) is 78.5 cm³/mol. The molecule has 7 heteroatoms.